The van der Waals surface area contributed by atoms with Crippen molar-refractivity contribution in [3.8, 4) is 5.69 Å². The van der Waals surface area contributed by atoms with E-state index in [1.165, 1.54) is 0 Å². The summed E-state index contributed by atoms with van der Waals surface area (Å²) < 4.78 is 1.63. The van der Waals surface area contributed by atoms with Crippen molar-refractivity contribution >= 4 is 5.91 Å². The summed E-state index contributed by atoms with van der Waals surface area (Å²) in [6.45, 7) is 7.49. The second kappa shape index (κ2) is 7.76. The van der Waals surface area contributed by atoms with Gasteiger partial charge in [-0.05, 0) is 31.0 Å². The molecule has 2 aromatic rings. The smallest absolute Gasteiger partial charge is 0.276 e. The van der Waals surface area contributed by atoms with Crippen molar-refractivity contribution in [1.29, 1.82) is 0 Å². The number of piperazine rings is 1. The number of β-amino-alcohol motifs (C(OH)–C–C–N with tert-alkyl or cyclic N) is 1. The number of nitrogens with zero attached hydrogens (tertiary/aromatic N) is 5. The fourth-order valence-corrected chi connectivity index (χ4v) is 2.98. The van der Waals surface area contributed by atoms with Crippen LogP contribution in [0, 0.1) is 6.92 Å². The summed E-state index contributed by atoms with van der Waals surface area (Å²) in [5.74, 6) is -0.0883. The third-order valence-corrected chi connectivity index (χ3v) is 4.58. The molecular weight excluding hydrogens is 318 g/mol. The minimum atomic E-state index is -0.295. The van der Waals surface area contributed by atoms with Crippen molar-refractivity contribution in [2.24, 2.45) is 0 Å². The highest BCUT2D eigenvalue weighted by molar-refractivity contribution is 5.92. The van der Waals surface area contributed by atoms with Gasteiger partial charge in [0.15, 0.2) is 5.69 Å². The van der Waals surface area contributed by atoms with Gasteiger partial charge in [0.25, 0.3) is 5.91 Å². The lowest BCUT2D eigenvalue weighted by Gasteiger charge is -2.35. The Balaban J connectivity index is 1.61. The lowest BCUT2D eigenvalue weighted by Crippen LogP contribution is -2.50. The van der Waals surface area contributed by atoms with Crippen LogP contribution in [-0.2, 0) is 0 Å². The number of aryl methyl sites for hydroxylation is 1. The van der Waals surface area contributed by atoms with Crippen molar-refractivity contribution in [3.63, 3.8) is 0 Å². The SMILES string of the molecule is CCC(O)CN1CCN(C(=O)c2cn(-c3cccc(C)c3)nn2)CC1. The Kier molecular flexibility index (Phi) is 5.45. The molecule has 1 fully saturated rings. The third-order valence-electron chi connectivity index (χ3n) is 4.58. The number of aliphatic hydroxyl groups excluding tert-OH is 1. The van der Waals surface area contributed by atoms with Crippen LogP contribution in [0.2, 0.25) is 0 Å². The number of aromatic nitrogens is 3. The molecule has 0 saturated carbocycles. The molecule has 1 aromatic carbocycles. The Morgan fingerprint density at radius 1 is 1.28 bits per heavy atom. The maximum absolute atomic E-state index is 12.6. The van der Waals surface area contributed by atoms with Crippen molar-refractivity contribution in [2.45, 2.75) is 26.4 Å². The maximum atomic E-state index is 12.6. The normalized spacial score (nSPS) is 16.8. The number of hydrogen-bond donors (Lipinski definition) is 1. The monoisotopic (exact) mass is 343 g/mol. The van der Waals surface area contributed by atoms with Gasteiger partial charge in [-0.15, -0.1) is 5.10 Å². The molecular formula is C18H25N5O2. The Labute approximate surface area is 147 Å². The standard InChI is InChI=1S/C18H25N5O2/c1-3-16(24)12-21-7-9-22(10-8-21)18(25)17-13-23(20-19-17)15-6-4-5-14(2)11-15/h4-6,11,13,16,24H,3,7-10,12H2,1-2H3. The first-order valence-electron chi connectivity index (χ1n) is 8.76. The van der Waals surface area contributed by atoms with E-state index in [1.54, 1.807) is 15.8 Å². The van der Waals surface area contributed by atoms with Crippen molar-refractivity contribution < 1.29 is 9.90 Å². The average molecular weight is 343 g/mol. The van der Waals surface area contributed by atoms with Crippen molar-refractivity contribution in [2.75, 3.05) is 32.7 Å². The number of benzene rings is 1. The van der Waals surface area contributed by atoms with E-state index in [-0.39, 0.29) is 12.0 Å². The molecule has 1 aromatic heterocycles. The Bertz CT molecular complexity index is 722. The van der Waals surface area contributed by atoms with Crippen LogP contribution < -0.4 is 0 Å². The van der Waals surface area contributed by atoms with Gasteiger partial charge in [0, 0.05) is 32.7 Å². The lowest BCUT2D eigenvalue weighted by molar-refractivity contribution is 0.0519. The predicted octanol–water partition coefficient (Wildman–Crippen LogP) is 1.10. The number of carbonyl (C=O) groups is 1. The number of amides is 1. The largest absolute Gasteiger partial charge is 0.392 e. The minimum Gasteiger partial charge on any atom is -0.392 e. The zero-order chi connectivity index (χ0) is 17.8. The molecule has 3 rings (SSSR count). The molecule has 1 unspecified atom stereocenters. The summed E-state index contributed by atoms with van der Waals surface area (Å²) in [4.78, 5) is 16.6. The molecule has 1 aliphatic heterocycles. The van der Waals surface area contributed by atoms with E-state index in [4.69, 9.17) is 0 Å². The van der Waals surface area contributed by atoms with Crippen LogP contribution in [0.5, 0.6) is 0 Å². The van der Waals surface area contributed by atoms with Gasteiger partial charge in [-0.25, -0.2) is 4.68 Å². The zero-order valence-corrected chi connectivity index (χ0v) is 14.8. The van der Waals surface area contributed by atoms with Crippen molar-refractivity contribution in [1.82, 2.24) is 24.8 Å². The minimum absolute atomic E-state index is 0.0883. The van der Waals surface area contributed by atoms with Crippen LogP contribution in [0.1, 0.15) is 29.4 Å². The van der Waals surface area contributed by atoms with E-state index in [9.17, 15) is 9.90 Å². The van der Waals surface area contributed by atoms with Gasteiger partial charge in [0.1, 0.15) is 0 Å². The van der Waals surface area contributed by atoms with E-state index >= 15 is 0 Å². The first-order valence-corrected chi connectivity index (χ1v) is 8.76. The number of aliphatic hydroxyl groups is 1. The summed E-state index contributed by atoms with van der Waals surface area (Å²) in [5, 5.41) is 17.9. The summed E-state index contributed by atoms with van der Waals surface area (Å²) >= 11 is 0. The van der Waals surface area contributed by atoms with Crippen LogP contribution in [-0.4, -0.2) is 74.6 Å². The quantitative estimate of drug-likeness (QED) is 0.880. The van der Waals surface area contributed by atoms with Crippen LogP contribution in [0.15, 0.2) is 30.5 Å². The topological polar surface area (TPSA) is 74.5 Å². The van der Waals surface area contributed by atoms with E-state index in [0.29, 0.717) is 25.3 Å². The molecule has 1 N–H and O–H groups in total. The third kappa shape index (κ3) is 4.24. The summed E-state index contributed by atoms with van der Waals surface area (Å²) in [6, 6.07) is 7.91. The second-order valence-corrected chi connectivity index (χ2v) is 6.54. The fraction of sp³-hybridized carbons (Fsp3) is 0.500. The molecule has 0 bridgehead atoms. The number of hydrogen-bond acceptors (Lipinski definition) is 5. The summed E-state index contributed by atoms with van der Waals surface area (Å²) in [5.41, 5.74) is 2.39. The van der Waals surface area contributed by atoms with Crippen LogP contribution >= 0.6 is 0 Å². The second-order valence-electron chi connectivity index (χ2n) is 6.54. The molecule has 0 radical (unpaired) electrons. The van der Waals surface area contributed by atoms with Gasteiger partial charge in [0.2, 0.25) is 0 Å². The van der Waals surface area contributed by atoms with E-state index < -0.39 is 0 Å². The highest BCUT2D eigenvalue weighted by atomic mass is 16.3. The molecule has 7 nitrogen and oxygen atoms in total. The molecule has 1 amide bonds. The van der Waals surface area contributed by atoms with Crippen molar-refractivity contribution in [3.05, 3.63) is 41.7 Å². The Morgan fingerprint density at radius 2 is 2.04 bits per heavy atom. The van der Waals surface area contributed by atoms with Gasteiger partial charge < -0.3 is 10.0 Å². The summed E-state index contributed by atoms with van der Waals surface area (Å²) in [6.07, 6.45) is 2.14. The van der Waals surface area contributed by atoms with Gasteiger partial charge in [-0.1, -0.05) is 24.3 Å². The molecule has 0 aliphatic carbocycles. The maximum Gasteiger partial charge on any atom is 0.276 e. The van der Waals surface area contributed by atoms with E-state index in [2.05, 4.69) is 15.2 Å². The molecule has 0 spiro atoms. The number of rotatable bonds is 5. The first-order chi connectivity index (χ1) is 12.1. The average Bonchev–Trinajstić information content (AvgIpc) is 3.12. The van der Waals surface area contributed by atoms with E-state index in [0.717, 1.165) is 30.8 Å². The molecule has 2 heterocycles. The predicted molar refractivity (Wildman–Crippen MR) is 94.7 cm³/mol. The fourth-order valence-electron chi connectivity index (χ4n) is 2.98. The highest BCUT2D eigenvalue weighted by Crippen LogP contribution is 2.12. The highest BCUT2D eigenvalue weighted by Gasteiger charge is 2.25. The molecule has 7 heteroatoms. The first kappa shape index (κ1) is 17.6. The Hall–Kier alpha value is -2.25. The van der Waals surface area contributed by atoms with Gasteiger partial charge in [-0.2, -0.15) is 0 Å². The summed E-state index contributed by atoms with van der Waals surface area (Å²) in [7, 11) is 0. The molecule has 1 atom stereocenters. The van der Waals surface area contributed by atoms with E-state index in [1.807, 2.05) is 38.1 Å². The zero-order valence-electron chi connectivity index (χ0n) is 14.8. The molecule has 1 saturated heterocycles. The van der Waals surface area contributed by atoms with Crippen LogP contribution in [0.4, 0.5) is 0 Å². The molecule has 1 aliphatic rings. The van der Waals surface area contributed by atoms with Gasteiger partial charge >= 0.3 is 0 Å². The Morgan fingerprint density at radius 3 is 2.72 bits per heavy atom. The number of carbonyl (C=O) groups excluding carboxylic acids is 1. The molecule has 25 heavy (non-hydrogen) atoms. The van der Waals surface area contributed by atoms with Crippen LogP contribution in [0.3, 0.4) is 0 Å². The van der Waals surface area contributed by atoms with Crippen LogP contribution in [0.25, 0.3) is 5.69 Å². The lowest BCUT2D eigenvalue weighted by atomic mass is 10.2. The van der Waals surface area contributed by atoms with Gasteiger partial charge in [0.05, 0.1) is 18.0 Å². The molecule has 134 valence electrons. The van der Waals surface area contributed by atoms with Gasteiger partial charge in [-0.3, -0.25) is 9.69 Å².